The minimum Gasteiger partial charge on any atom is -0.309 e. The highest BCUT2D eigenvalue weighted by atomic mass is 79.9. The smallest absolute Gasteiger partial charge is 0.0320 e. The molecular formula is C32H54Br2N2. The topological polar surface area (TPSA) is 24.1 Å². The molecule has 206 valence electrons. The summed E-state index contributed by atoms with van der Waals surface area (Å²) in [6.07, 6.45) is 18.8. The van der Waals surface area contributed by atoms with Crippen LogP contribution in [0.15, 0.2) is 60.7 Å². The molecule has 0 bridgehead atoms. The Labute approximate surface area is 244 Å². The first-order chi connectivity index (χ1) is 16.8. The third-order valence-corrected chi connectivity index (χ3v) is 7.00. The van der Waals surface area contributed by atoms with Gasteiger partial charge in [0.15, 0.2) is 0 Å². The molecule has 0 fully saturated rings. The largest absolute Gasteiger partial charge is 0.309 e. The van der Waals surface area contributed by atoms with E-state index in [0.717, 1.165) is 13.1 Å². The van der Waals surface area contributed by atoms with Crippen LogP contribution in [0.1, 0.15) is 127 Å². The summed E-state index contributed by atoms with van der Waals surface area (Å²) < 4.78 is 0. The number of rotatable bonds is 21. The first-order valence-electron chi connectivity index (χ1n) is 14.4. The maximum Gasteiger partial charge on any atom is 0.0320 e. The second-order valence-corrected chi connectivity index (χ2v) is 9.95. The molecule has 2 N–H and O–H groups in total. The molecule has 0 amide bonds. The van der Waals surface area contributed by atoms with Crippen molar-refractivity contribution in [3.63, 3.8) is 0 Å². The molecule has 2 nitrogen and oxygen atoms in total. The van der Waals surface area contributed by atoms with E-state index in [9.17, 15) is 0 Å². The fourth-order valence-corrected chi connectivity index (χ4v) is 4.89. The summed E-state index contributed by atoms with van der Waals surface area (Å²) in [7, 11) is 0. The molecule has 2 aromatic carbocycles. The molecule has 0 aliphatic heterocycles. The number of hydrogen-bond acceptors (Lipinski definition) is 2. The van der Waals surface area contributed by atoms with Crippen molar-refractivity contribution in [2.24, 2.45) is 0 Å². The van der Waals surface area contributed by atoms with Crippen molar-refractivity contribution >= 4 is 34.0 Å². The Morgan fingerprint density at radius 1 is 0.472 bits per heavy atom. The summed E-state index contributed by atoms with van der Waals surface area (Å²) in [5.41, 5.74) is 2.87. The Kier molecular flexibility index (Phi) is 24.2. The Morgan fingerprint density at radius 3 is 1.17 bits per heavy atom. The standard InChI is InChI=1S/C32H52N2.2BrH/c1-3-5-7-9-11-19-25-31(29-21-15-13-16-22-29)33-27-28-34-32(30-23-17-14-18-24-30)26-20-12-10-8-6-4-2;;/h13-18,21-24,31-34H,3-12,19-20,25-28H2,1-2H3;2*1H. The van der Waals surface area contributed by atoms with Gasteiger partial charge in [-0.15, -0.1) is 34.0 Å². The summed E-state index contributed by atoms with van der Waals surface area (Å²) in [5.74, 6) is 0. The zero-order valence-corrected chi connectivity index (χ0v) is 26.5. The lowest BCUT2D eigenvalue weighted by Gasteiger charge is -2.22. The van der Waals surface area contributed by atoms with E-state index < -0.39 is 0 Å². The molecule has 2 atom stereocenters. The Bertz CT molecular complexity index is 634. The SMILES string of the molecule is Br.Br.CCCCCCCCC(NCCNC(CCCCCCCC)c1ccccc1)c1ccccc1. The minimum absolute atomic E-state index is 0. The van der Waals surface area contributed by atoms with Crippen molar-refractivity contribution in [3.05, 3.63) is 71.8 Å². The number of benzene rings is 2. The highest BCUT2D eigenvalue weighted by Gasteiger charge is 2.13. The van der Waals surface area contributed by atoms with Gasteiger partial charge in [0.2, 0.25) is 0 Å². The maximum atomic E-state index is 3.87. The molecule has 2 aromatic rings. The second-order valence-electron chi connectivity index (χ2n) is 9.95. The predicted octanol–water partition coefficient (Wildman–Crippen LogP) is 10.3. The van der Waals surface area contributed by atoms with Crippen molar-refractivity contribution < 1.29 is 0 Å². The second kappa shape index (κ2) is 24.6. The van der Waals surface area contributed by atoms with Crippen LogP contribution in [0.25, 0.3) is 0 Å². The van der Waals surface area contributed by atoms with E-state index in [1.54, 1.807) is 0 Å². The summed E-state index contributed by atoms with van der Waals surface area (Å²) in [6.45, 7) is 6.60. The Hall–Kier alpha value is -0.680. The summed E-state index contributed by atoms with van der Waals surface area (Å²) in [6, 6.07) is 23.0. The molecule has 2 unspecified atom stereocenters. The summed E-state index contributed by atoms with van der Waals surface area (Å²) >= 11 is 0. The van der Waals surface area contributed by atoms with E-state index in [0.29, 0.717) is 12.1 Å². The average molecular weight is 627 g/mol. The molecule has 36 heavy (non-hydrogen) atoms. The van der Waals surface area contributed by atoms with Crippen LogP contribution < -0.4 is 10.6 Å². The predicted molar refractivity (Wildman–Crippen MR) is 171 cm³/mol. The van der Waals surface area contributed by atoms with Gasteiger partial charge in [0, 0.05) is 25.2 Å². The molecule has 4 heteroatoms. The van der Waals surface area contributed by atoms with E-state index in [1.165, 1.54) is 101 Å². The fraction of sp³-hybridized carbons (Fsp3) is 0.625. The first-order valence-corrected chi connectivity index (χ1v) is 14.4. The molecule has 0 saturated heterocycles. The zero-order valence-electron chi connectivity index (χ0n) is 23.1. The minimum atomic E-state index is 0. The number of hydrogen-bond donors (Lipinski definition) is 2. The van der Waals surface area contributed by atoms with Crippen LogP contribution in [0.2, 0.25) is 0 Å². The molecule has 0 heterocycles. The van der Waals surface area contributed by atoms with Gasteiger partial charge in [0.25, 0.3) is 0 Å². The number of halogens is 2. The molecule has 2 rings (SSSR count). The lowest BCUT2D eigenvalue weighted by molar-refractivity contribution is 0.429. The third kappa shape index (κ3) is 16.2. The highest BCUT2D eigenvalue weighted by Crippen LogP contribution is 2.22. The molecule has 0 aliphatic carbocycles. The monoisotopic (exact) mass is 624 g/mol. The summed E-state index contributed by atoms with van der Waals surface area (Å²) in [4.78, 5) is 0. The Morgan fingerprint density at radius 2 is 0.806 bits per heavy atom. The van der Waals surface area contributed by atoms with E-state index in [2.05, 4.69) is 85.1 Å². The van der Waals surface area contributed by atoms with E-state index in [4.69, 9.17) is 0 Å². The van der Waals surface area contributed by atoms with Gasteiger partial charge in [-0.2, -0.15) is 0 Å². The van der Waals surface area contributed by atoms with Gasteiger partial charge in [0.05, 0.1) is 0 Å². The van der Waals surface area contributed by atoms with Gasteiger partial charge in [-0.05, 0) is 24.0 Å². The quantitative estimate of drug-likeness (QED) is 0.135. The van der Waals surface area contributed by atoms with E-state index >= 15 is 0 Å². The molecule has 0 radical (unpaired) electrons. The molecule has 0 spiro atoms. The number of nitrogens with one attached hydrogen (secondary N) is 2. The van der Waals surface area contributed by atoms with E-state index in [1.807, 2.05) is 0 Å². The van der Waals surface area contributed by atoms with Gasteiger partial charge in [-0.1, -0.05) is 152 Å². The molecule has 0 saturated carbocycles. The van der Waals surface area contributed by atoms with Gasteiger partial charge in [0.1, 0.15) is 0 Å². The van der Waals surface area contributed by atoms with Gasteiger partial charge in [-0.25, -0.2) is 0 Å². The van der Waals surface area contributed by atoms with Gasteiger partial charge < -0.3 is 10.6 Å². The van der Waals surface area contributed by atoms with Crippen molar-refractivity contribution in [3.8, 4) is 0 Å². The third-order valence-electron chi connectivity index (χ3n) is 7.00. The van der Waals surface area contributed by atoms with E-state index in [-0.39, 0.29) is 34.0 Å². The van der Waals surface area contributed by atoms with Crippen LogP contribution in [0.4, 0.5) is 0 Å². The van der Waals surface area contributed by atoms with Crippen LogP contribution in [-0.4, -0.2) is 13.1 Å². The van der Waals surface area contributed by atoms with Crippen LogP contribution in [-0.2, 0) is 0 Å². The maximum absolute atomic E-state index is 3.87. The van der Waals surface area contributed by atoms with Crippen LogP contribution in [0.3, 0.4) is 0 Å². The highest BCUT2D eigenvalue weighted by molar-refractivity contribution is 8.93. The first kappa shape index (κ1) is 35.3. The molecular weight excluding hydrogens is 572 g/mol. The van der Waals surface area contributed by atoms with Crippen LogP contribution in [0, 0.1) is 0 Å². The lowest BCUT2D eigenvalue weighted by atomic mass is 9.99. The van der Waals surface area contributed by atoms with Crippen molar-refractivity contribution in [1.82, 2.24) is 10.6 Å². The van der Waals surface area contributed by atoms with Crippen LogP contribution in [0.5, 0.6) is 0 Å². The van der Waals surface area contributed by atoms with Crippen LogP contribution >= 0.6 is 34.0 Å². The van der Waals surface area contributed by atoms with Crippen molar-refractivity contribution in [1.29, 1.82) is 0 Å². The Balaban J connectivity index is 0.00000612. The van der Waals surface area contributed by atoms with Crippen molar-refractivity contribution in [2.45, 2.75) is 116 Å². The van der Waals surface area contributed by atoms with Gasteiger partial charge in [-0.3, -0.25) is 0 Å². The van der Waals surface area contributed by atoms with Crippen molar-refractivity contribution in [2.75, 3.05) is 13.1 Å². The molecule has 0 aliphatic rings. The lowest BCUT2D eigenvalue weighted by Crippen LogP contribution is -2.32. The average Bonchev–Trinajstić information content (AvgIpc) is 2.89. The summed E-state index contributed by atoms with van der Waals surface area (Å²) in [5, 5.41) is 7.75. The normalized spacial score (nSPS) is 12.4. The zero-order chi connectivity index (χ0) is 24.1. The molecule has 0 aromatic heterocycles. The number of unbranched alkanes of at least 4 members (excludes halogenated alkanes) is 10. The fourth-order valence-electron chi connectivity index (χ4n) is 4.89. The van der Waals surface area contributed by atoms with Gasteiger partial charge >= 0.3 is 0 Å².